The number of hydrogen-bond donors (Lipinski definition) is 0. The summed E-state index contributed by atoms with van der Waals surface area (Å²) in [6, 6.07) is 16.1. The molecular weight excluding hydrogens is 358 g/mol. The van der Waals surface area contributed by atoms with Gasteiger partial charge in [-0.25, -0.2) is 0 Å². The van der Waals surface area contributed by atoms with Crippen LogP contribution in [-0.2, 0) is 0 Å². The van der Waals surface area contributed by atoms with Crippen molar-refractivity contribution >= 4 is 22.0 Å². The highest BCUT2D eigenvalue weighted by atomic mass is 32.1. The third-order valence-corrected chi connectivity index (χ3v) is 5.03. The second kappa shape index (κ2) is 7.20. The lowest BCUT2D eigenvalue weighted by atomic mass is 10.2. The second-order valence-corrected chi connectivity index (χ2v) is 7.15. The zero-order valence-corrected chi connectivity index (χ0v) is 16.0. The number of anilines is 1. The first-order valence-corrected chi connectivity index (χ1v) is 9.31. The Labute approximate surface area is 161 Å². The Morgan fingerprint density at radius 3 is 2.67 bits per heavy atom. The Morgan fingerprint density at radius 1 is 1.11 bits per heavy atom. The van der Waals surface area contributed by atoms with Crippen LogP contribution in [0.4, 0.5) is 5.69 Å². The minimum Gasteiger partial charge on any atom is -0.490 e. The highest BCUT2D eigenvalue weighted by molar-refractivity contribution is 7.19. The fraction of sp³-hybridized carbons (Fsp3) is 0.150. The molecule has 136 valence electrons. The third-order valence-electron chi connectivity index (χ3n) is 4.08. The van der Waals surface area contributed by atoms with Crippen LogP contribution in [-0.4, -0.2) is 40.5 Å². The Morgan fingerprint density at radius 2 is 1.93 bits per heavy atom. The standard InChI is InChI=1S/C20H19N5OS/c1-4-12-26-17-7-5-6-15(13-17)19-23-25-18(21-22-20(25)27-19)14-8-10-16(11-9-14)24(2)3/h4-11,13H,1,12H2,2-3H3. The van der Waals surface area contributed by atoms with E-state index >= 15 is 0 Å². The molecule has 2 aromatic carbocycles. The van der Waals surface area contributed by atoms with Gasteiger partial charge < -0.3 is 9.64 Å². The first-order chi connectivity index (χ1) is 13.2. The van der Waals surface area contributed by atoms with E-state index in [0.717, 1.165) is 38.4 Å². The average molecular weight is 377 g/mol. The van der Waals surface area contributed by atoms with Gasteiger partial charge >= 0.3 is 0 Å². The van der Waals surface area contributed by atoms with Crippen molar-refractivity contribution in [2.45, 2.75) is 0 Å². The molecule has 0 aliphatic carbocycles. The van der Waals surface area contributed by atoms with Gasteiger partial charge in [0, 0.05) is 30.9 Å². The number of nitrogens with zero attached hydrogens (tertiary/aromatic N) is 5. The third kappa shape index (κ3) is 3.41. The quantitative estimate of drug-likeness (QED) is 0.473. The van der Waals surface area contributed by atoms with E-state index in [0.29, 0.717) is 6.61 Å². The molecule has 0 unspecified atom stereocenters. The van der Waals surface area contributed by atoms with Crippen molar-refractivity contribution in [3.05, 3.63) is 61.2 Å². The minimum atomic E-state index is 0.474. The van der Waals surface area contributed by atoms with Crippen LogP contribution in [0.1, 0.15) is 0 Å². The molecule has 0 fully saturated rings. The lowest BCUT2D eigenvalue weighted by Gasteiger charge is -2.12. The Kier molecular flexibility index (Phi) is 4.60. The highest BCUT2D eigenvalue weighted by Gasteiger charge is 2.15. The van der Waals surface area contributed by atoms with Gasteiger partial charge in [-0.2, -0.15) is 9.61 Å². The maximum atomic E-state index is 5.62. The van der Waals surface area contributed by atoms with Gasteiger partial charge in [-0.05, 0) is 36.4 Å². The average Bonchev–Trinajstić information content (AvgIpc) is 3.27. The van der Waals surface area contributed by atoms with Crippen LogP contribution in [0.15, 0.2) is 61.2 Å². The SMILES string of the molecule is C=CCOc1cccc(-c2nn3c(-c4ccc(N(C)C)cc4)nnc3s2)c1. The highest BCUT2D eigenvalue weighted by Crippen LogP contribution is 2.30. The molecule has 4 rings (SSSR count). The van der Waals surface area contributed by atoms with Crippen LogP contribution < -0.4 is 9.64 Å². The summed E-state index contributed by atoms with van der Waals surface area (Å²) in [4.78, 5) is 2.82. The zero-order chi connectivity index (χ0) is 18.8. The Balaban J connectivity index is 1.69. The van der Waals surface area contributed by atoms with E-state index in [4.69, 9.17) is 9.84 Å². The normalized spacial score (nSPS) is 10.9. The number of benzene rings is 2. The van der Waals surface area contributed by atoms with Crippen LogP contribution in [0.2, 0.25) is 0 Å². The van der Waals surface area contributed by atoms with Crippen LogP contribution >= 0.6 is 11.3 Å². The lowest BCUT2D eigenvalue weighted by Crippen LogP contribution is -2.08. The van der Waals surface area contributed by atoms with E-state index in [2.05, 4.69) is 33.8 Å². The van der Waals surface area contributed by atoms with E-state index in [1.54, 1.807) is 10.6 Å². The first-order valence-electron chi connectivity index (χ1n) is 8.50. The Bertz CT molecular complexity index is 1080. The van der Waals surface area contributed by atoms with Gasteiger partial charge in [-0.15, -0.1) is 10.2 Å². The number of aromatic nitrogens is 4. The summed E-state index contributed by atoms with van der Waals surface area (Å²) in [5.74, 6) is 1.52. The van der Waals surface area contributed by atoms with Crippen molar-refractivity contribution < 1.29 is 4.74 Å². The van der Waals surface area contributed by atoms with E-state index in [9.17, 15) is 0 Å². The van der Waals surface area contributed by atoms with Gasteiger partial charge in [0.25, 0.3) is 0 Å². The number of rotatable bonds is 6. The van der Waals surface area contributed by atoms with Crippen LogP contribution in [0, 0.1) is 0 Å². The van der Waals surface area contributed by atoms with Crippen molar-refractivity contribution in [3.63, 3.8) is 0 Å². The zero-order valence-electron chi connectivity index (χ0n) is 15.2. The van der Waals surface area contributed by atoms with Crippen molar-refractivity contribution in [3.8, 4) is 27.7 Å². The summed E-state index contributed by atoms with van der Waals surface area (Å²) in [6.45, 7) is 4.15. The van der Waals surface area contributed by atoms with Gasteiger partial charge in [-0.1, -0.05) is 36.1 Å². The first kappa shape index (κ1) is 17.2. The van der Waals surface area contributed by atoms with E-state index in [-0.39, 0.29) is 0 Å². The van der Waals surface area contributed by atoms with Crippen LogP contribution in [0.25, 0.3) is 26.9 Å². The van der Waals surface area contributed by atoms with E-state index < -0.39 is 0 Å². The fourth-order valence-corrected chi connectivity index (χ4v) is 3.53. The summed E-state index contributed by atoms with van der Waals surface area (Å²) < 4.78 is 7.41. The summed E-state index contributed by atoms with van der Waals surface area (Å²) in [6.07, 6.45) is 1.73. The molecule has 0 aliphatic heterocycles. The van der Waals surface area contributed by atoms with Crippen molar-refractivity contribution in [2.75, 3.05) is 25.6 Å². The molecule has 0 amide bonds. The molecule has 2 aromatic heterocycles. The molecule has 0 radical (unpaired) electrons. The van der Waals surface area contributed by atoms with Crippen LogP contribution in [0.3, 0.4) is 0 Å². The molecule has 7 heteroatoms. The molecule has 0 atom stereocenters. The molecule has 0 saturated carbocycles. The number of ether oxygens (including phenoxy) is 1. The van der Waals surface area contributed by atoms with Gasteiger partial charge in [-0.3, -0.25) is 0 Å². The summed E-state index contributed by atoms with van der Waals surface area (Å²) in [7, 11) is 4.04. The van der Waals surface area contributed by atoms with Crippen molar-refractivity contribution in [1.29, 1.82) is 0 Å². The molecule has 4 aromatic rings. The fourth-order valence-electron chi connectivity index (χ4n) is 2.70. The van der Waals surface area contributed by atoms with E-state index in [1.165, 1.54) is 11.3 Å². The molecule has 0 saturated heterocycles. The molecule has 27 heavy (non-hydrogen) atoms. The van der Waals surface area contributed by atoms with Gasteiger partial charge in [0.2, 0.25) is 4.96 Å². The molecule has 0 spiro atoms. The van der Waals surface area contributed by atoms with Gasteiger partial charge in [0.1, 0.15) is 17.4 Å². The predicted octanol–water partition coefficient (Wildman–Crippen LogP) is 4.15. The second-order valence-electron chi connectivity index (χ2n) is 6.19. The smallest absolute Gasteiger partial charge is 0.235 e. The van der Waals surface area contributed by atoms with Gasteiger partial charge in [0.15, 0.2) is 5.82 Å². The molecular formula is C20H19N5OS. The van der Waals surface area contributed by atoms with Crippen LogP contribution in [0.5, 0.6) is 5.75 Å². The topological polar surface area (TPSA) is 55.6 Å². The number of fused-ring (bicyclic) bond motifs is 1. The largest absolute Gasteiger partial charge is 0.490 e. The predicted molar refractivity (Wildman–Crippen MR) is 110 cm³/mol. The summed E-state index contributed by atoms with van der Waals surface area (Å²) in [5.41, 5.74) is 3.10. The minimum absolute atomic E-state index is 0.474. The lowest BCUT2D eigenvalue weighted by molar-refractivity contribution is 0.363. The molecule has 0 N–H and O–H groups in total. The summed E-state index contributed by atoms with van der Waals surface area (Å²) in [5, 5.41) is 14.2. The molecule has 2 heterocycles. The number of hydrogen-bond acceptors (Lipinski definition) is 6. The monoisotopic (exact) mass is 377 g/mol. The maximum Gasteiger partial charge on any atom is 0.235 e. The molecule has 0 aliphatic rings. The molecule has 6 nitrogen and oxygen atoms in total. The van der Waals surface area contributed by atoms with Gasteiger partial charge in [0.05, 0.1) is 0 Å². The molecule has 0 bridgehead atoms. The Hall–Kier alpha value is -3.19. The maximum absolute atomic E-state index is 5.62. The van der Waals surface area contributed by atoms with Crippen molar-refractivity contribution in [1.82, 2.24) is 19.8 Å². The van der Waals surface area contributed by atoms with Crippen molar-refractivity contribution in [2.24, 2.45) is 0 Å². The van der Waals surface area contributed by atoms with E-state index in [1.807, 2.05) is 50.5 Å². The summed E-state index contributed by atoms with van der Waals surface area (Å²) >= 11 is 1.50.